The summed E-state index contributed by atoms with van der Waals surface area (Å²) in [7, 11) is -4.84. The molecular formula is C45H48N4O6S. The Morgan fingerprint density at radius 2 is 1.27 bits per heavy atom. The predicted molar refractivity (Wildman–Crippen MR) is 222 cm³/mol. The van der Waals surface area contributed by atoms with Crippen LogP contribution in [0.15, 0.2) is 82.1 Å². The van der Waals surface area contributed by atoms with Gasteiger partial charge >= 0.3 is 0 Å². The summed E-state index contributed by atoms with van der Waals surface area (Å²) >= 11 is 0. The van der Waals surface area contributed by atoms with Crippen molar-refractivity contribution >= 4 is 61.3 Å². The van der Waals surface area contributed by atoms with E-state index < -0.39 is 10.1 Å². The highest BCUT2D eigenvalue weighted by Gasteiger charge is 2.24. The molecule has 2 amide bonds. The fraction of sp³-hybridized carbons (Fsp3) is 0.267. The number of benzene rings is 5. The molecule has 0 atom stereocenters. The van der Waals surface area contributed by atoms with Crippen LogP contribution < -0.4 is 26.3 Å². The molecule has 0 spiro atoms. The van der Waals surface area contributed by atoms with Crippen LogP contribution in [0.25, 0.3) is 33.4 Å². The van der Waals surface area contributed by atoms with E-state index in [-0.39, 0.29) is 34.1 Å². The maximum atomic E-state index is 12.7. The van der Waals surface area contributed by atoms with Gasteiger partial charge in [-0.15, -0.1) is 0 Å². The predicted octanol–water partition coefficient (Wildman–Crippen LogP) is 8.20. The molecule has 0 saturated carbocycles. The molecule has 0 fully saturated rings. The molecule has 0 aromatic heterocycles. The Balaban J connectivity index is 1.57. The normalized spacial score (nSPS) is 12.2. The van der Waals surface area contributed by atoms with Gasteiger partial charge in [-0.2, -0.15) is 0 Å². The summed E-state index contributed by atoms with van der Waals surface area (Å²) in [6.07, 6.45) is 0. The molecule has 2 aliphatic rings. The van der Waals surface area contributed by atoms with Crippen LogP contribution in [0.1, 0.15) is 61.1 Å². The minimum atomic E-state index is -4.84. The van der Waals surface area contributed by atoms with Crippen molar-refractivity contribution in [2.24, 2.45) is 11.8 Å². The monoisotopic (exact) mass is 772 g/mol. The second-order valence-electron chi connectivity index (χ2n) is 15.2. The molecule has 1 heterocycles. The molecule has 1 aliphatic carbocycles. The van der Waals surface area contributed by atoms with E-state index in [1.54, 1.807) is 12.1 Å². The van der Waals surface area contributed by atoms with E-state index in [0.717, 1.165) is 56.1 Å². The van der Waals surface area contributed by atoms with Crippen LogP contribution in [-0.4, -0.2) is 24.8 Å². The Morgan fingerprint density at radius 3 is 1.89 bits per heavy atom. The number of nitrogens with one attached hydrogen (secondary N) is 4. The van der Waals surface area contributed by atoms with E-state index in [2.05, 4.69) is 20.9 Å². The van der Waals surface area contributed by atoms with Gasteiger partial charge in [0.25, 0.3) is 0 Å². The lowest BCUT2D eigenvalue weighted by Gasteiger charge is -2.21. The molecule has 0 bridgehead atoms. The summed E-state index contributed by atoms with van der Waals surface area (Å²) in [6, 6.07) is 21.4. The Bertz CT molecular complexity index is 2710. The second-order valence-corrected chi connectivity index (χ2v) is 16.5. The average Bonchev–Trinajstić information content (AvgIpc) is 3.13. The van der Waals surface area contributed by atoms with Crippen LogP contribution in [0, 0.1) is 53.4 Å². The first-order valence-electron chi connectivity index (χ1n) is 18.6. The van der Waals surface area contributed by atoms with Gasteiger partial charge in [0, 0.05) is 74.2 Å². The topological polar surface area (TPSA) is 155 Å². The number of anilines is 4. The molecule has 4 aromatic rings. The highest BCUT2D eigenvalue weighted by Crippen LogP contribution is 2.43. The zero-order chi connectivity index (χ0) is 40.8. The van der Waals surface area contributed by atoms with Crippen molar-refractivity contribution < 1.29 is 32.0 Å². The smallest absolute Gasteiger partial charge is 0.226 e. The maximum absolute atomic E-state index is 12.7. The standard InChI is InChI=1S/C45H48N4O6S/c1-23(2)44(50)48-42-27(7)19-25(5)40(29(42)9)46-31-15-17-33-36(21-31)55-37-22-32(16-18-34(37)39(33)35-13-11-12-14-38(35)56(52,53)54)47-41-26(6)20-28(8)43(30(41)10)49-45(51)24(3)4/h11-24,46H,1-10H3,(H,48,50)(H,49,51)(H,52,53,54). The van der Waals surface area contributed by atoms with Crippen molar-refractivity contribution in [3.63, 3.8) is 0 Å². The van der Waals surface area contributed by atoms with Gasteiger partial charge in [0.2, 0.25) is 22.9 Å². The minimum absolute atomic E-state index is 0.0739. The van der Waals surface area contributed by atoms with Crippen LogP contribution in [-0.2, 0) is 19.7 Å². The Morgan fingerprint density at radius 1 is 0.679 bits per heavy atom. The molecule has 0 radical (unpaired) electrons. The number of amides is 2. The van der Waals surface area contributed by atoms with Gasteiger partial charge in [0.1, 0.15) is 21.5 Å². The average molecular weight is 773 g/mol. The molecule has 56 heavy (non-hydrogen) atoms. The van der Waals surface area contributed by atoms with Crippen molar-refractivity contribution in [2.75, 3.05) is 16.0 Å². The number of fused-ring (bicyclic) bond motifs is 2. The third-order valence-corrected chi connectivity index (χ3v) is 11.1. The van der Waals surface area contributed by atoms with E-state index in [1.165, 1.54) is 12.1 Å². The quantitative estimate of drug-likeness (QED) is 0.0853. The summed E-state index contributed by atoms with van der Waals surface area (Å²) < 4.78 is 44.4. The van der Waals surface area contributed by atoms with E-state index >= 15 is 0 Å². The van der Waals surface area contributed by atoms with Crippen molar-refractivity contribution in [3.05, 3.63) is 112 Å². The summed E-state index contributed by atoms with van der Waals surface area (Å²) in [5, 5.41) is 11.0. The first-order valence-corrected chi connectivity index (χ1v) is 20.0. The zero-order valence-corrected chi connectivity index (χ0v) is 34.3. The van der Waals surface area contributed by atoms with Crippen LogP contribution in [0.3, 0.4) is 0 Å². The van der Waals surface area contributed by atoms with Gasteiger partial charge in [0.15, 0.2) is 0 Å². The number of rotatable bonds is 9. The number of hydrogen-bond donors (Lipinski definition) is 4. The lowest BCUT2D eigenvalue weighted by Crippen LogP contribution is -2.71. The fourth-order valence-corrected chi connectivity index (χ4v) is 7.88. The van der Waals surface area contributed by atoms with Gasteiger partial charge in [-0.05, 0) is 94.1 Å². The van der Waals surface area contributed by atoms with Crippen molar-refractivity contribution in [3.8, 4) is 22.5 Å². The molecule has 6 rings (SSSR count). The van der Waals surface area contributed by atoms with Crippen LogP contribution >= 0.6 is 0 Å². The Kier molecular flexibility index (Phi) is 11.0. The molecule has 4 aromatic carbocycles. The Labute approximate surface area is 328 Å². The molecule has 0 unspecified atom stereocenters. The SMILES string of the molecule is Cc1cc(C)c(Nc2ccc3c(-c4ccccc4S(=O)(=O)[O-])c4ccc(=[NH+]c5c(C)cc(C)c(NC(=O)C(C)C)c5C)cc-4oc3c2)c(C)c1NC(=O)C(C)C. The lowest BCUT2D eigenvalue weighted by molar-refractivity contribution is -0.403. The molecule has 10 nitrogen and oxygen atoms in total. The molecule has 4 N–H and O–H groups in total. The minimum Gasteiger partial charge on any atom is -0.744 e. The van der Waals surface area contributed by atoms with Crippen molar-refractivity contribution in [1.82, 2.24) is 0 Å². The van der Waals surface area contributed by atoms with Gasteiger partial charge < -0.3 is 24.9 Å². The number of carbonyl (C=O) groups excluding carboxylic acids is 2. The molecule has 1 aliphatic heterocycles. The van der Waals surface area contributed by atoms with Crippen molar-refractivity contribution in [1.29, 1.82) is 0 Å². The number of aryl methyl sites for hydroxylation is 4. The van der Waals surface area contributed by atoms with E-state index in [1.807, 2.05) is 118 Å². The number of carbonyl (C=O) groups is 2. The van der Waals surface area contributed by atoms with E-state index in [9.17, 15) is 22.6 Å². The lowest BCUT2D eigenvalue weighted by atomic mass is 9.93. The first kappa shape index (κ1) is 39.9. The molecular weight excluding hydrogens is 725 g/mol. The third-order valence-electron chi connectivity index (χ3n) is 10.2. The second kappa shape index (κ2) is 15.4. The van der Waals surface area contributed by atoms with Gasteiger partial charge in [-0.25, -0.2) is 13.4 Å². The van der Waals surface area contributed by atoms with E-state index in [0.29, 0.717) is 38.9 Å². The summed E-state index contributed by atoms with van der Waals surface area (Å²) in [4.78, 5) is 28.6. The van der Waals surface area contributed by atoms with Crippen LogP contribution in [0.5, 0.6) is 0 Å². The zero-order valence-electron chi connectivity index (χ0n) is 33.4. The van der Waals surface area contributed by atoms with Gasteiger partial charge in [-0.3, -0.25) is 9.59 Å². The highest BCUT2D eigenvalue weighted by molar-refractivity contribution is 7.85. The van der Waals surface area contributed by atoms with Gasteiger partial charge in [-0.1, -0.05) is 52.0 Å². The third kappa shape index (κ3) is 7.82. The van der Waals surface area contributed by atoms with Crippen LogP contribution in [0.4, 0.5) is 28.4 Å². The Hall–Kier alpha value is -5.78. The highest BCUT2D eigenvalue weighted by atomic mass is 32.2. The first-order chi connectivity index (χ1) is 26.3. The molecule has 290 valence electrons. The molecule has 11 heteroatoms. The summed E-state index contributed by atoms with van der Waals surface area (Å²) in [5.74, 6) is -0.0694. The summed E-state index contributed by atoms with van der Waals surface area (Å²) in [5.41, 5.74) is 11.4. The maximum Gasteiger partial charge on any atom is 0.226 e. The molecule has 0 saturated heterocycles. The van der Waals surface area contributed by atoms with Crippen molar-refractivity contribution in [2.45, 2.75) is 74.1 Å². The summed E-state index contributed by atoms with van der Waals surface area (Å²) in [6.45, 7) is 19.3. The van der Waals surface area contributed by atoms with Crippen LogP contribution in [0.2, 0.25) is 0 Å². The van der Waals surface area contributed by atoms with E-state index in [4.69, 9.17) is 4.42 Å². The number of hydrogen-bond acceptors (Lipinski definition) is 7. The fourth-order valence-electron chi connectivity index (χ4n) is 7.19. The largest absolute Gasteiger partial charge is 0.744 e. The van der Waals surface area contributed by atoms with Gasteiger partial charge in [0.05, 0.1) is 16.6 Å².